The first-order chi connectivity index (χ1) is 5.84. The van der Waals surface area contributed by atoms with Crippen molar-refractivity contribution in [2.75, 3.05) is 18.8 Å². The molecule has 0 aromatic rings. The summed E-state index contributed by atoms with van der Waals surface area (Å²) in [5.41, 5.74) is 0. The lowest BCUT2D eigenvalue weighted by Gasteiger charge is -2.33. The highest BCUT2D eigenvalue weighted by atomic mass is 32.1. The zero-order valence-corrected chi connectivity index (χ0v) is 9.02. The van der Waals surface area contributed by atoms with Gasteiger partial charge in [0.2, 0.25) is 0 Å². The van der Waals surface area contributed by atoms with Crippen LogP contribution >= 0.6 is 12.6 Å². The lowest BCUT2D eigenvalue weighted by Crippen LogP contribution is -2.37. The number of hydrogen-bond acceptors (Lipinski definition) is 2. The van der Waals surface area contributed by atoms with Gasteiger partial charge in [-0.05, 0) is 51.4 Å². The van der Waals surface area contributed by atoms with Gasteiger partial charge in [-0.3, -0.25) is 0 Å². The van der Waals surface area contributed by atoms with Crippen LogP contribution in [0, 0.1) is 0 Å². The lowest BCUT2D eigenvalue weighted by atomic mass is 10.0. The third-order valence-electron chi connectivity index (χ3n) is 2.79. The van der Waals surface area contributed by atoms with E-state index < -0.39 is 0 Å². The van der Waals surface area contributed by atoms with Crippen LogP contribution in [0.1, 0.15) is 39.0 Å². The molecule has 1 rings (SSSR count). The van der Waals surface area contributed by atoms with Crippen molar-refractivity contribution in [2.45, 2.75) is 45.1 Å². The molecule has 0 N–H and O–H groups in total. The summed E-state index contributed by atoms with van der Waals surface area (Å²) in [4.78, 5) is 2.63. The van der Waals surface area contributed by atoms with Crippen LogP contribution in [0.4, 0.5) is 0 Å². The van der Waals surface area contributed by atoms with E-state index in [0.717, 1.165) is 11.8 Å². The van der Waals surface area contributed by atoms with Crippen molar-refractivity contribution in [1.82, 2.24) is 4.90 Å². The lowest BCUT2D eigenvalue weighted by molar-refractivity contribution is 0.159. The van der Waals surface area contributed by atoms with Crippen LogP contribution in [0.2, 0.25) is 0 Å². The first-order valence-corrected chi connectivity index (χ1v) is 5.82. The molecular weight excluding hydrogens is 166 g/mol. The van der Waals surface area contributed by atoms with E-state index in [9.17, 15) is 0 Å². The Labute approximate surface area is 81.9 Å². The molecule has 12 heavy (non-hydrogen) atoms. The third-order valence-corrected chi connectivity index (χ3v) is 3.11. The van der Waals surface area contributed by atoms with Gasteiger partial charge in [0.25, 0.3) is 0 Å². The second-order valence-corrected chi connectivity index (χ2v) is 4.26. The van der Waals surface area contributed by atoms with Gasteiger partial charge in [0.05, 0.1) is 0 Å². The molecule has 1 aliphatic heterocycles. The molecule has 0 amide bonds. The SMILES string of the molecule is CC1CCCCN1CCCCS. The van der Waals surface area contributed by atoms with E-state index in [1.54, 1.807) is 0 Å². The van der Waals surface area contributed by atoms with Gasteiger partial charge in [0, 0.05) is 6.04 Å². The van der Waals surface area contributed by atoms with Gasteiger partial charge in [-0.15, -0.1) is 0 Å². The largest absolute Gasteiger partial charge is 0.301 e. The van der Waals surface area contributed by atoms with Crippen LogP contribution in [0.25, 0.3) is 0 Å². The van der Waals surface area contributed by atoms with Crippen molar-refractivity contribution >= 4 is 12.6 Å². The number of rotatable bonds is 4. The van der Waals surface area contributed by atoms with Crippen LogP contribution in [0.15, 0.2) is 0 Å². The van der Waals surface area contributed by atoms with E-state index in [1.807, 2.05) is 0 Å². The number of piperidine rings is 1. The van der Waals surface area contributed by atoms with Gasteiger partial charge in [-0.1, -0.05) is 6.42 Å². The second-order valence-electron chi connectivity index (χ2n) is 3.81. The quantitative estimate of drug-likeness (QED) is 0.523. The molecule has 2 heteroatoms. The molecule has 1 aliphatic rings. The molecule has 0 bridgehead atoms. The van der Waals surface area contributed by atoms with Crippen molar-refractivity contribution in [2.24, 2.45) is 0 Å². The van der Waals surface area contributed by atoms with Crippen LogP contribution in [-0.2, 0) is 0 Å². The van der Waals surface area contributed by atoms with Crippen LogP contribution < -0.4 is 0 Å². The minimum absolute atomic E-state index is 0.832. The normalized spacial score (nSPS) is 26.0. The predicted octanol–water partition coefficient (Wildman–Crippen LogP) is 2.57. The Hall–Kier alpha value is 0.310. The summed E-state index contributed by atoms with van der Waals surface area (Å²) in [6, 6.07) is 0.832. The summed E-state index contributed by atoms with van der Waals surface area (Å²) in [6.07, 6.45) is 6.84. The number of likely N-dealkylation sites (tertiary alicyclic amines) is 1. The highest BCUT2D eigenvalue weighted by Crippen LogP contribution is 2.16. The summed E-state index contributed by atoms with van der Waals surface area (Å²) in [6.45, 7) is 4.98. The summed E-state index contributed by atoms with van der Waals surface area (Å²) in [7, 11) is 0. The standard InChI is InChI=1S/C10H21NS/c1-10-6-2-3-7-11(10)8-4-5-9-12/h10,12H,2-9H2,1H3. The fourth-order valence-electron chi connectivity index (χ4n) is 1.92. The molecule has 0 aromatic heterocycles. The van der Waals surface area contributed by atoms with Crippen LogP contribution in [0.3, 0.4) is 0 Å². The maximum absolute atomic E-state index is 4.22. The molecule has 0 aliphatic carbocycles. The fraction of sp³-hybridized carbons (Fsp3) is 1.00. The molecular formula is C10H21NS. The Kier molecular flexibility index (Phi) is 5.08. The summed E-state index contributed by atoms with van der Waals surface area (Å²) < 4.78 is 0. The number of hydrogen-bond donors (Lipinski definition) is 1. The molecule has 1 saturated heterocycles. The molecule has 1 unspecified atom stereocenters. The first kappa shape index (κ1) is 10.4. The van der Waals surface area contributed by atoms with Gasteiger partial charge < -0.3 is 4.90 Å². The van der Waals surface area contributed by atoms with E-state index in [-0.39, 0.29) is 0 Å². The molecule has 0 saturated carbocycles. The summed E-state index contributed by atoms with van der Waals surface area (Å²) in [5, 5.41) is 0. The van der Waals surface area contributed by atoms with Crippen LogP contribution in [-0.4, -0.2) is 29.8 Å². The van der Waals surface area contributed by atoms with E-state index in [2.05, 4.69) is 24.5 Å². The highest BCUT2D eigenvalue weighted by Gasteiger charge is 2.16. The first-order valence-electron chi connectivity index (χ1n) is 5.19. The van der Waals surface area contributed by atoms with Gasteiger partial charge in [0.15, 0.2) is 0 Å². The molecule has 72 valence electrons. The second kappa shape index (κ2) is 5.87. The third kappa shape index (κ3) is 3.36. The van der Waals surface area contributed by atoms with Gasteiger partial charge >= 0.3 is 0 Å². The van der Waals surface area contributed by atoms with Crippen molar-refractivity contribution < 1.29 is 0 Å². The van der Waals surface area contributed by atoms with E-state index in [4.69, 9.17) is 0 Å². The minimum Gasteiger partial charge on any atom is -0.301 e. The Morgan fingerprint density at radius 3 is 2.83 bits per heavy atom. The predicted molar refractivity (Wildman–Crippen MR) is 58.0 cm³/mol. The molecule has 0 spiro atoms. The molecule has 0 radical (unpaired) electrons. The molecule has 1 nitrogen and oxygen atoms in total. The topological polar surface area (TPSA) is 3.24 Å². The van der Waals surface area contributed by atoms with Gasteiger partial charge in [0.1, 0.15) is 0 Å². The number of nitrogens with zero attached hydrogens (tertiary/aromatic N) is 1. The molecule has 0 aromatic carbocycles. The van der Waals surface area contributed by atoms with Crippen molar-refractivity contribution in [3.05, 3.63) is 0 Å². The number of thiol groups is 1. The van der Waals surface area contributed by atoms with Crippen molar-refractivity contribution in [3.63, 3.8) is 0 Å². The smallest absolute Gasteiger partial charge is 0.00669 e. The van der Waals surface area contributed by atoms with Crippen molar-refractivity contribution in [1.29, 1.82) is 0 Å². The summed E-state index contributed by atoms with van der Waals surface area (Å²) >= 11 is 4.22. The van der Waals surface area contributed by atoms with Gasteiger partial charge in [-0.25, -0.2) is 0 Å². The van der Waals surface area contributed by atoms with Crippen LogP contribution in [0.5, 0.6) is 0 Å². The highest BCUT2D eigenvalue weighted by molar-refractivity contribution is 7.80. The Morgan fingerprint density at radius 2 is 2.17 bits per heavy atom. The zero-order chi connectivity index (χ0) is 8.81. The average molecular weight is 187 g/mol. The Balaban J connectivity index is 2.11. The minimum atomic E-state index is 0.832. The fourth-order valence-corrected chi connectivity index (χ4v) is 2.14. The average Bonchev–Trinajstić information content (AvgIpc) is 2.09. The van der Waals surface area contributed by atoms with Crippen molar-refractivity contribution in [3.8, 4) is 0 Å². The maximum atomic E-state index is 4.22. The van der Waals surface area contributed by atoms with E-state index >= 15 is 0 Å². The maximum Gasteiger partial charge on any atom is 0.00669 e. The molecule has 1 fully saturated rings. The zero-order valence-electron chi connectivity index (χ0n) is 8.13. The molecule has 1 heterocycles. The monoisotopic (exact) mass is 187 g/mol. The van der Waals surface area contributed by atoms with Gasteiger partial charge in [-0.2, -0.15) is 12.6 Å². The van der Waals surface area contributed by atoms with E-state index in [1.165, 1.54) is 45.2 Å². The van der Waals surface area contributed by atoms with E-state index in [0.29, 0.717) is 0 Å². The number of unbranched alkanes of at least 4 members (excludes halogenated alkanes) is 1. The summed E-state index contributed by atoms with van der Waals surface area (Å²) in [5.74, 6) is 1.04. The Morgan fingerprint density at radius 1 is 1.33 bits per heavy atom. The Bertz CT molecular complexity index is 116. The molecule has 1 atom stereocenters.